The third-order valence-corrected chi connectivity index (χ3v) is 4.40. The maximum absolute atomic E-state index is 12.8. The first-order valence-electron chi connectivity index (χ1n) is 8.66. The number of aliphatic hydroxyl groups excluding tert-OH is 1. The molecule has 1 atom stereocenters. The summed E-state index contributed by atoms with van der Waals surface area (Å²) in [6, 6.07) is 14.3. The number of aliphatic hydroxyl groups is 1. The molecule has 0 saturated carbocycles. The van der Waals surface area contributed by atoms with Gasteiger partial charge in [-0.1, -0.05) is 30.3 Å². The molecule has 1 amide bonds. The van der Waals surface area contributed by atoms with Crippen LogP contribution in [0.4, 0.5) is 0 Å². The second-order valence-electron chi connectivity index (χ2n) is 6.14. The van der Waals surface area contributed by atoms with Gasteiger partial charge in [0.05, 0.1) is 30.1 Å². The van der Waals surface area contributed by atoms with Gasteiger partial charge in [-0.3, -0.25) is 9.89 Å². The number of fused-ring (bicyclic) bond motifs is 1. The number of amides is 1. The van der Waals surface area contributed by atoms with Crippen molar-refractivity contribution in [3.8, 4) is 22.8 Å². The number of carbonyl (C=O) groups is 1. The molecule has 27 heavy (non-hydrogen) atoms. The second kappa shape index (κ2) is 7.51. The fraction of sp³-hybridized carbons (Fsp3) is 0.200. The van der Waals surface area contributed by atoms with E-state index in [1.165, 1.54) is 6.20 Å². The van der Waals surface area contributed by atoms with Gasteiger partial charge in [0.25, 0.3) is 5.91 Å². The highest BCUT2D eigenvalue weighted by Gasteiger charge is 2.21. The summed E-state index contributed by atoms with van der Waals surface area (Å²) in [4.78, 5) is 12.8. The monoisotopic (exact) mass is 365 g/mol. The number of carbonyl (C=O) groups excluding carboxylic acids is 1. The van der Waals surface area contributed by atoms with E-state index in [2.05, 4.69) is 15.5 Å². The molecule has 0 bridgehead atoms. The lowest BCUT2D eigenvalue weighted by atomic mass is 10.0. The first kappa shape index (κ1) is 17.1. The molecule has 1 aliphatic heterocycles. The van der Waals surface area contributed by atoms with Gasteiger partial charge in [-0.25, -0.2) is 0 Å². The highest BCUT2D eigenvalue weighted by Crippen LogP contribution is 2.34. The third-order valence-electron chi connectivity index (χ3n) is 4.40. The summed E-state index contributed by atoms with van der Waals surface area (Å²) in [6.07, 6.45) is 1.47. The van der Waals surface area contributed by atoms with Gasteiger partial charge in [0.2, 0.25) is 0 Å². The Morgan fingerprint density at radius 3 is 2.70 bits per heavy atom. The topological polar surface area (TPSA) is 96.5 Å². The Morgan fingerprint density at radius 2 is 1.93 bits per heavy atom. The highest BCUT2D eigenvalue weighted by atomic mass is 16.6. The highest BCUT2D eigenvalue weighted by molar-refractivity contribution is 6.00. The van der Waals surface area contributed by atoms with Crippen molar-refractivity contribution >= 4 is 5.91 Å². The number of benzene rings is 2. The molecule has 7 heteroatoms. The maximum Gasteiger partial charge on any atom is 0.255 e. The molecule has 2 heterocycles. The van der Waals surface area contributed by atoms with Crippen LogP contribution in [0.3, 0.4) is 0 Å². The molecule has 1 unspecified atom stereocenters. The fourth-order valence-electron chi connectivity index (χ4n) is 3.03. The van der Waals surface area contributed by atoms with Crippen molar-refractivity contribution in [1.82, 2.24) is 15.5 Å². The first-order valence-corrected chi connectivity index (χ1v) is 8.66. The molecule has 1 aliphatic rings. The molecule has 7 nitrogen and oxygen atoms in total. The quantitative estimate of drug-likeness (QED) is 0.645. The first-order chi connectivity index (χ1) is 13.3. The third kappa shape index (κ3) is 3.50. The van der Waals surface area contributed by atoms with Gasteiger partial charge in [-0.2, -0.15) is 5.10 Å². The molecule has 3 aromatic rings. The van der Waals surface area contributed by atoms with Crippen LogP contribution in [0.15, 0.2) is 54.7 Å². The number of hydrogen-bond acceptors (Lipinski definition) is 5. The van der Waals surface area contributed by atoms with Crippen molar-refractivity contribution < 1.29 is 19.4 Å². The zero-order valence-electron chi connectivity index (χ0n) is 14.5. The van der Waals surface area contributed by atoms with Crippen molar-refractivity contribution in [2.75, 3.05) is 19.8 Å². The Morgan fingerprint density at radius 1 is 1.15 bits per heavy atom. The van der Waals surface area contributed by atoms with Crippen molar-refractivity contribution in [2.24, 2.45) is 0 Å². The average Bonchev–Trinajstić information content (AvgIpc) is 3.22. The summed E-state index contributed by atoms with van der Waals surface area (Å²) in [5, 5.41) is 19.4. The molecule has 2 aromatic carbocycles. The lowest BCUT2D eigenvalue weighted by Crippen LogP contribution is -2.30. The Kier molecular flexibility index (Phi) is 4.76. The van der Waals surface area contributed by atoms with E-state index in [1.807, 2.05) is 48.5 Å². The Hall–Kier alpha value is -3.32. The normalized spacial score (nSPS) is 13.8. The SMILES string of the molecule is O=C(NC(CO)c1ccccc1)c1cn[nH]c1-c1ccc2c(c1)OCCO2. The Balaban J connectivity index is 1.59. The van der Waals surface area contributed by atoms with E-state index in [0.29, 0.717) is 36.0 Å². The molecular weight excluding hydrogens is 346 g/mol. The van der Waals surface area contributed by atoms with Gasteiger partial charge < -0.3 is 19.9 Å². The molecule has 0 spiro atoms. The molecular formula is C20H19N3O4. The summed E-state index contributed by atoms with van der Waals surface area (Å²) < 4.78 is 11.1. The van der Waals surface area contributed by atoms with Crippen LogP contribution >= 0.6 is 0 Å². The minimum Gasteiger partial charge on any atom is -0.486 e. The van der Waals surface area contributed by atoms with Crippen molar-refractivity contribution in [3.63, 3.8) is 0 Å². The van der Waals surface area contributed by atoms with Crippen LogP contribution in [0.25, 0.3) is 11.3 Å². The van der Waals surface area contributed by atoms with Gasteiger partial charge in [-0.05, 0) is 23.8 Å². The second-order valence-corrected chi connectivity index (χ2v) is 6.14. The van der Waals surface area contributed by atoms with E-state index in [4.69, 9.17) is 9.47 Å². The summed E-state index contributed by atoms with van der Waals surface area (Å²) in [5.41, 5.74) is 2.56. The van der Waals surface area contributed by atoms with Crippen LogP contribution in [0.5, 0.6) is 11.5 Å². The minimum absolute atomic E-state index is 0.201. The predicted molar refractivity (Wildman–Crippen MR) is 98.7 cm³/mol. The van der Waals surface area contributed by atoms with Gasteiger partial charge in [0.1, 0.15) is 13.2 Å². The maximum atomic E-state index is 12.8. The largest absolute Gasteiger partial charge is 0.486 e. The van der Waals surface area contributed by atoms with Crippen LogP contribution in [0, 0.1) is 0 Å². The fourth-order valence-corrected chi connectivity index (χ4v) is 3.03. The van der Waals surface area contributed by atoms with Gasteiger partial charge in [0, 0.05) is 5.56 Å². The van der Waals surface area contributed by atoms with Crippen molar-refractivity contribution in [1.29, 1.82) is 0 Å². The summed E-state index contributed by atoms with van der Waals surface area (Å²) >= 11 is 0. The molecule has 0 radical (unpaired) electrons. The Labute approximate surface area is 155 Å². The van der Waals surface area contributed by atoms with Crippen LogP contribution in [0.2, 0.25) is 0 Å². The molecule has 3 N–H and O–H groups in total. The van der Waals surface area contributed by atoms with E-state index >= 15 is 0 Å². The number of aromatic amines is 1. The van der Waals surface area contributed by atoms with Crippen LogP contribution in [0.1, 0.15) is 22.0 Å². The number of ether oxygens (including phenoxy) is 2. The number of hydrogen-bond donors (Lipinski definition) is 3. The molecule has 0 aliphatic carbocycles. The smallest absolute Gasteiger partial charge is 0.255 e. The zero-order chi connectivity index (χ0) is 18.6. The lowest BCUT2D eigenvalue weighted by molar-refractivity contribution is 0.0917. The average molecular weight is 365 g/mol. The van der Waals surface area contributed by atoms with E-state index < -0.39 is 6.04 Å². The number of H-pyrrole nitrogens is 1. The lowest BCUT2D eigenvalue weighted by Gasteiger charge is -2.19. The van der Waals surface area contributed by atoms with Crippen LogP contribution in [-0.4, -0.2) is 41.0 Å². The van der Waals surface area contributed by atoms with E-state index in [1.54, 1.807) is 0 Å². The predicted octanol–water partition coefficient (Wildman–Crippen LogP) is 2.31. The van der Waals surface area contributed by atoms with Crippen molar-refractivity contribution in [3.05, 3.63) is 65.9 Å². The number of aromatic nitrogens is 2. The van der Waals surface area contributed by atoms with Crippen LogP contribution in [-0.2, 0) is 0 Å². The Bertz CT molecular complexity index is 939. The summed E-state index contributed by atoms with van der Waals surface area (Å²) in [6.45, 7) is 0.807. The molecule has 0 saturated heterocycles. The molecule has 138 valence electrons. The minimum atomic E-state index is -0.498. The molecule has 0 fully saturated rings. The zero-order valence-corrected chi connectivity index (χ0v) is 14.5. The van der Waals surface area contributed by atoms with Crippen LogP contribution < -0.4 is 14.8 Å². The standard InChI is InChI=1S/C20H19N3O4/c24-12-16(13-4-2-1-3-5-13)22-20(25)15-11-21-23-19(15)14-6-7-17-18(10-14)27-9-8-26-17/h1-7,10-11,16,24H,8-9,12H2,(H,21,23)(H,22,25). The molecule has 4 rings (SSSR count). The van der Waals surface area contributed by atoms with Gasteiger partial charge in [0.15, 0.2) is 11.5 Å². The van der Waals surface area contributed by atoms with E-state index in [0.717, 1.165) is 11.1 Å². The number of nitrogens with one attached hydrogen (secondary N) is 2. The number of rotatable bonds is 5. The number of nitrogens with zero attached hydrogens (tertiary/aromatic N) is 1. The van der Waals surface area contributed by atoms with Gasteiger partial charge >= 0.3 is 0 Å². The summed E-state index contributed by atoms with van der Waals surface area (Å²) in [5.74, 6) is 0.994. The molecule has 1 aromatic heterocycles. The van der Waals surface area contributed by atoms with E-state index in [-0.39, 0.29) is 12.5 Å². The van der Waals surface area contributed by atoms with E-state index in [9.17, 15) is 9.90 Å². The van der Waals surface area contributed by atoms with Crippen molar-refractivity contribution in [2.45, 2.75) is 6.04 Å². The summed E-state index contributed by atoms with van der Waals surface area (Å²) in [7, 11) is 0. The van der Waals surface area contributed by atoms with Gasteiger partial charge in [-0.15, -0.1) is 0 Å².